The van der Waals surface area contributed by atoms with Gasteiger partial charge in [0.2, 0.25) is 0 Å². The van der Waals surface area contributed by atoms with Crippen molar-refractivity contribution in [2.75, 3.05) is 7.11 Å². The van der Waals surface area contributed by atoms with Crippen LogP contribution >= 0.6 is 0 Å². The largest absolute Gasteiger partial charge is 0.541 e. The summed E-state index contributed by atoms with van der Waals surface area (Å²) >= 11 is 0. The number of rotatable bonds is 7. The zero-order chi connectivity index (χ0) is 21.1. The zero-order valence-corrected chi connectivity index (χ0v) is 18.7. The van der Waals surface area contributed by atoms with Crippen LogP contribution in [0, 0.1) is 6.92 Å². The normalized spacial score (nSPS) is 12.4. The second-order valence-electron chi connectivity index (χ2n) is 8.37. The van der Waals surface area contributed by atoms with E-state index >= 15 is 0 Å². The Balaban J connectivity index is 2.22. The molecule has 1 aromatic heterocycles. The second kappa shape index (κ2) is 8.22. The highest BCUT2D eigenvalue weighted by molar-refractivity contribution is 6.74. The van der Waals surface area contributed by atoms with E-state index in [0.29, 0.717) is 11.4 Å². The molecule has 0 bridgehead atoms. The lowest BCUT2D eigenvalue weighted by atomic mass is 10.2. The monoisotopic (exact) mass is 402 g/mol. The third kappa shape index (κ3) is 5.25. The van der Waals surface area contributed by atoms with Crippen molar-refractivity contribution in [1.82, 2.24) is 9.78 Å². The Morgan fingerprint density at radius 3 is 2.46 bits per heavy atom. The number of carboxylic acid groups (broad SMARTS) is 1. The summed E-state index contributed by atoms with van der Waals surface area (Å²) in [6.07, 6.45) is 3.78. The number of carboxylic acids is 1. The van der Waals surface area contributed by atoms with Crippen molar-refractivity contribution in [1.29, 1.82) is 0 Å². The Bertz CT molecular complexity index is 879. The van der Waals surface area contributed by atoms with Crippen LogP contribution in [-0.2, 0) is 11.3 Å². The van der Waals surface area contributed by atoms with Crippen LogP contribution in [0.25, 0.3) is 12.2 Å². The number of benzene rings is 1. The van der Waals surface area contributed by atoms with Crippen molar-refractivity contribution in [2.45, 2.75) is 52.4 Å². The van der Waals surface area contributed by atoms with Crippen molar-refractivity contribution in [3.05, 3.63) is 41.2 Å². The molecule has 2 rings (SSSR count). The van der Waals surface area contributed by atoms with Gasteiger partial charge in [0.05, 0.1) is 12.8 Å². The van der Waals surface area contributed by atoms with E-state index in [-0.39, 0.29) is 11.6 Å². The SMILES string of the molecule is COc1cc(C=Cc2cc(C)n(CC(=O)O)n2)ccc1O[Si](C)(C)C(C)(C)C. The molecule has 1 heterocycles. The first-order valence-corrected chi connectivity index (χ1v) is 12.1. The van der Waals surface area contributed by atoms with Gasteiger partial charge in [-0.3, -0.25) is 9.48 Å². The van der Waals surface area contributed by atoms with Crippen molar-refractivity contribution >= 4 is 26.4 Å². The summed E-state index contributed by atoms with van der Waals surface area (Å²) in [5, 5.41) is 13.3. The smallest absolute Gasteiger partial charge is 0.325 e. The van der Waals surface area contributed by atoms with Crippen LogP contribution in [0.4, 0.5) is 0 Å². The predicted molar refractivity (Wildman–Crippen MR) is 114 cm³/mol. The van der Waals surface area contributed by atoms with Crippen molar-refractivity contribution < 1.29 is 19.1 Å². The number of nitrogens with zero attached hydrogens (tertiary/aromatic N) is 2. The lowest BCUT2D eigenvalue weighted by Gasteiger charge is -2.36. The van der Waals surface area contributed by atoms with Crippen LogP contribution < -0.4 is 9.16 Å². The predicted octanol–water partition coefficient (Wildman–Crippen LogP) is 4.84. The number of hydrogen-bond acceptors (Lipinski definition) is 4. The summed E-state index contributed by atoms with van der Waals surface area (Å²) in [7, 11) is -0.321. The molecule has 0 aliphatic heterocycles. The van der Waals surface area contributed by atoms with Gasteiger partial charge < -0.3 is 14.3 Å². The molecule has 0 aliphatic rings. The summed E-state index contributed by atoms with van der Waals surface area (Å²) in [6.45, 7) is 12.7. The molecule has 1 aromatic carbocycles. The third-order valence-corrected chi connectivity index (χ3v) is 9.43. The summed E-state index contributed by atoms with van der Waals surface area (Å²) < 4.78 is 13.4. The number of hydrogen-bond donors (Lipinski definition) is 1. The average molecular weight is 403 g/mol. The molecule has 0 atom stereocenters. The van der Waals surface area contributed by atoms with Gasteiger partial charge in [0.25, 0.3) is 8.32 Å². The van der Waals surface area contributed by atoms with Gasteiger partial charge in [-0.15, -0.1) is 0 Å². The van der Waals surface area contributed by atoms with E-state index in [1.165, 1.54) is 4.68 Å². The summed E-state index contributed by atoms with van der Waals surface area (Å²) in [6, 6.07) is 7.70. The topological polar surface area (TPSA) is 73.6 Å². The quantitative estimate of drug-likeness (QED) is 0.671. The fraction of sp³-hybridized carbons (Fsp3) is 0.429. The second-order valence-corrected chi connectivity index (χ2v) is 13.1. The first-order chi connectivity index (χ1) is 12.9. The van der Waals surface area contributed by atoms with Crippen LogP contribution in [0.1, 0.15) is 37.7 Å². The fourth-order valence-electron chi connectivity index (χ4n) is 2.39. The Morgan fingerprint density at radius 1 is 1.21 bits per heavy atom. The minimum atomic E-state index is -1.96. The van der Waals surface area contributed by atoms with Gasteiger partial charge in [0.15, 0.2) is 5.75 Å². The standard InChI is InChI=1S/C21H30N2O4Si/c1-15-12-17(22-23(15)14-20(24)25)10-8-16-9-11-18(19(13-16)26-5)27-28(6,7)21(2,3)4/h8-13H,14H2,1-7H3,(H,24,25). The summed E-state index contributed by atoms with van der Waals surface area (Å²) in [4.78, 5) is 10.9. The van der Waals surface area contributed by atoms with Crippen molar-refractivity contribution in [2.24, 2.45) is 0 Å². The molecule has 7 heteroatoms. The van der Waals surface area contributed by atoms with E-state index in [4.69, 9.17) is 14.3 Å². The minimum absolute atomic E-state index is 0.100. The van der Waals surface area contributed by atoms with Gasteiger partial charge in [-0.1, -0.05) is 32.9 Å². The van der Waals surface area contributed by atoms with E-state index in [9.17, 15) is 4.79 Å². The Labute approximate surface area is 167 Å². The molecule has 2 aromatic rings. The highest BCUT2D eigenvalue weighted by Gasteiger charge is 2.39. The number of aryl methyl sites for hydroxylation is 1. The average Bonchev–Trinajstić information content (AvgIpc) is 2.91. The molecule has 0 fully saturated rings. The maximum Gasteiger partial charge on any atom is 0.325 e. The van der Waals surface area contributed by atoms with E-state index < -0.39 is 14.3 Å². The molecule has 0 aliphatic carbocycles. The maximum absolute atomic E-state index is 10.9. The van der Waals surface area contributed by atoms with Gasteiger partial charge in [-0.2, -0.15) is 5.10 Å². The molecular formula is C21H30N2O4Si. The summed E-state index contributed by atoms with van der Waals surface area (Å²) in [5.74, 6) is 0.538. The minimum Gasteiger partial charge on any atom is -0.541 e. The molecule has 0 spiro atoms. The molecule has 6 nitrogen and oxygen atoms in total. The highest BCUT2D eigenvalue weighted by atomic mass is 28.4. The van der Waals surface area contributed by atoms with Gasteiger partial charge in [-0.05, 0) is 54.9 Å². The first kappa shape index (κ1) is 21.8. The number of aliphatic carboxylic acids is 1. The van der Waals surface area contributed by atoms with Crippen LogP contribution in [0.2, 0.25) is 18.1 Å². The highest BCUT2D eigenvalue weighted by Crippen LogP contribution is 2.40. The third-order valence-electron chi connectivity index (χ3n) is 5.09. The van der Waals surface area contributed by atoms with Gasteiger partial charge in [0.1, 0.15) is 12.3 Å². The molecule has 0 radical (unpaired) electrons. The van der Waals surface area contributed by atoms with Crippen LogP contribution in [0.5, 0.6) is 11.5 Å². The van der Waals surface area contributed by atoms with Gasteiger partial charge in [-0.25, -0.2) is 0 Å². The van der Waals surface area contributed by atoms with Crippen LogP contribution in [0.3, 0.4) is 0 Å². The molecule has 0 amide bonds. The lowest BCUT2D eigenvalue weighted by molar-refractivity contribution is -0.137. The molecule has 152 valence electrons. The van der Waals surface area contributed by atoms with E-state index in [1.807, 2.05) is 43.3 Å². The number of ether oxygens (including phenoxy) is 1. The molecule has 0 unspecified atom stereocenters. The van der Waals surface area contributed by atoms with Crippen molar-refractivity contribution in [3.63, 3.8) is 0 Å². The Hall–Kier alpha value is -2.54. The molecule has 1 N–H and O–H groups in total. The van der Waals surface area contributed by atoms with Gasteiger partial charge >= 0.3 is 5.97 Å². The van der Waals surface area contributed by atoms with Crippen molar-refractivity contribution in [3.8, 4) is 11.5 Å². The number of carbonyl (C=O) groups is 1. The Kier molecular flexibility index (Phi) is 6.39. The first-order valence-electron chi connectivity index (χ1n) is 9.24. The van der Waals surface area contributed by atoms with Crippen LogP contribution in [0.15, 0.2) is 24.3 Å². The van der Waals surface area contributed by atoms with Crippen LogP contribution in [-0.4, -0.2) is 36.3 Å². The van der Waals surface area contributed by atoms with E-state index in [2.05, 4.69) is 39.0 Å². The molecular weight excluding hydrogens is 372 g/mol. The lowest BCUT2D eigenvalue weighted by Crippen LogP contribution is -2.43. The number of methoxy groups -OCH3 is 1. The molecule has 28 heavy (non-hydrogen) atoms. The number of aromatic nitrogens is 2. The maximum atomic E-state index is 10.9. The zero-order valence-electron chi connectivity index (χ0n) is 17.7. The molecule has 0 saturated carbocycles. The van der Waals surface area contributed by atoms with E-state index in [0.717, 1.165) is 17.0 Å². The molecule has 0 saturated heterocycles. The van der Waals surface area contributed by atoms with Gasteiger partial charge in [0, 0.05) is 5.69 Å². The summed E-state index contributed by atoms with van der Waals surface area (Å²) in [5.41, 5.74) is 2.46. The fourth-order valence-corrected chi connectivity index (χ4v) is 3.41. The van der Waals surface area contributed by atoms with E-state index in [1.54, 1.807) is 7.11 Å². The Morgan fingerprint density at radius 2 is 1.89 bits per heavy atom.